The van der Waals surface area contributed by atoms with Gasteiger partial charge in [0, 0.05) is 36.3 Å². The second-order valence-corrected chi connectivity index (χ2v) is 14.8. The lowest BCUT2D eigenvalue weighted by molar-refractivity contribution is 0.149. The lowest BCUT2D eigenvalue weighted by Gasteiger charge is -2.30. The minimum Gasteiger partial charge on any atom is -0.351 e. The van der Waals surface area contributed by atoms with E-state index in [1.54, 1.807) is 25.1 Å². The van der Waals surface area contributed by atoms with Crippen molar-refractivity contribution in [2.45, 2.75) is 43.7 Å². The number of nitrogens with zero attached hydrogens (tertiary/aromatic N) is 9. The smallest absolute Gasteiger partial charge is 0.284 e. The van der Waals surface area contributed by atoms with Crippen molar-refractivity contribution >= 4 is 37.0 Å². The first-order valence-electron chi connectivity index (χ1n) is 14.3. The first kappa shape index (κ1) is 32.2. The molecule has 0 spiro atoms. The summed E-state index contributed by atoms with van der Waals surface area (Å²) in [6.45, 7) is 2.18. The molecular formula is C28H28F2N10O5S2. The van der Waals surface area contributed by atoms with Crippen LogP contribution in [-0.4, -0.2) is 85.4 Å². The lowest BCUT2D eigenvalue weighted by atomic mass is 10.1. The number of hydrogen-bond acceptors (Lipinski definition) is 12. The number of nitrogens with one attached hydrogen (secondary N) is 1. The Kier molecular flexibility index (Phi) is 8.53. The number of benzene rings is 1. The zero-order valence-corrected chi connectivity index (χ0v) is 26.7. The molecule has 0 aliphatic carbocycles. The van der Waals surface area contributed by atoms with Crippen LogP contribution in [0.15, 0.2) is 64.9 Å². The van der Waals surface area contributed by atoms with E-state index in [0.29, 0.717) is 37.2 Å². The molecule has 0 radical (unpaired) electrons. The van der Waals surface area contributed by atoms with Crippen LogP contribution in [-0.2, 0) is 26.6 Å². The van der Waals surface area contributed by atoms with Gasteiger partial charge in [0.1, 0.15) is 18.3 Å². The SMILES string of the molecule is Cc1ccc(S(=O)(=O)n2cncn2)cc1-c1ccc(Cn2c(=O)c(C(F)F)cc3cnc(NC4CCN(S(C)(=O)=O)CC4)nc32)nn1. The van der Waals surface area contributed by atoms with E-state index in [1.807, 2.05) is 0 Å². The van der Waals surface area contributed by atoms with Crippen molar-refractivity contribution in [2.24, 2.45) is 0 Å². The number of halogens is 2. The van der Waals surface area contributed by atoms with Crippen molar-refractivity contribution in [3.63, 3.8) is 0 Å². The van der Waals surface area contributed by atoms with Crippen LogP contribution in [0.25, 0.3) is 22.3 Å². The molecule has 5 heterocycles. The van der Waals surface area contributed by atoms with Crippen LogP contribution < -0.4 is 10.9 Å². The largest absolute Gasteiger partial charge is 0.351 e. The van der Waals surface area contributed by atoms with Gasteiger partial charge < -0.3 is 5.32 Å². The zero-order valence-electron chi connectivity index (χ0n) is 25.0. The van der Waals surface area contributed by atoms with E-state index in [4.69, 9.17) is 0 Å². The molecule has 15 nitrogen and oxygen atoms in total. The summed E-state index contributed by atoms with van der Waals surface area (Å²) >= 11 is 0. The number of alkyl halides is 2. The van der Waals surface area contributed by atoms with Crippen molar-refractivity contribution in [3.05, 3.63) is 82.4 Å². The highest BCUT2D eigenvalue weighted by molar-refractivity contribution is 7.89. The molecule has 1 aromatic carbocycles. The summed E-state index contributed by atoms with van der Waals surface area (Å²) in [5, 5.41) is 15.5. The maximum atomic E-state index is 13.9. The predicted molar refractivity (Wildman–Crippen MR) is 166 cm³/mol. The molecule has 1 fully saturated rings. The fourth-order valence-electron chi connectivity index (χ4n) is 5.29. The van der Waals surface area contributed by atoms with E-state index >= 15 is 0 Å². The van der Waals surface area contributed by atoms with Crippen LogP contribution in [0.1, 0.15) is 36.1 Å². The fourth-order valence-corrected chi connectivity index (χ4v) is 7.23. The van der Waals surface area contributed by atoms with Gasteiger partial charge in [-0.05, 0) is 55.7 Å². The Balaban J connectivity index is 1.29. The monoisotopic (exact) mass is 686 g/mol. The van der Waals surface area contributed by atoms with Crippen LogP contribution in [0.2, 0.25) is 0 Å². The molecule has 47 heavy (non-hydrogen) atoms. The van der Waals surface area contributed by atoms with Crippen LogP contribution in [0.3, 0.4) is 0 Å². The first-order valence-corrected chi connectivity index (χ1v) is 17.5. The molecule has 0 atom stereocenters. The van der Waals surface area contributed by atoms with Crippen LogP contribution in [0.5, 0.6) is 0 Å². The molecule has 0 unspecified atom stereocenters. The average Bonchev–Trinajstić information content (AvgIpc) is 3.59. The Labute approximate surface area is 267 Å². The second kappa shape index (κ2) is 12.5. The molecule has 6 rings (SSSR count). The van der Waals surface area contributed by atoms with E-state index in [1.165, 1.54) is 22.6 Å². The molecule has 1 N–H and O–H groups in total. The third-order valence-corrected chi connectivity index (χ3v) is 10.6. The van der Waals surface area contributed by atoms with Gasteiger partial charge in [0.25, 0.3) is 22.0 Å². The van der Waals surface area contributed by atoms with Gasteiger partial charge in [-0.25, -0.2) is 31.5 Å². The average molecular weight is 687 g/mol. The van der Waals surface area contributed by atoms with E-state index in [9.17, 15) is 30.4 Å². The van der Waals surface area contributed by atoms with E-state index in [-0.39, 0.29) is 40.2 Å². The third-order valence-electron chi connectivity index (χ3n) is 7.81. The highest BCUT2D eigenvalue weighted by Crippen LogP contribution is 2.26. The molecular weight excluding hydrogens is 659 g/mol. The summed E-state index contributed by atoms with van der Waals surface area (Å²) in [4.78, 5) is 25.6. The molecule has 0 saturated carbocycles. The summed E-state index contributed by atoms with van der Waals surface area (Å²) in [5.74, 6) is 0.158. The number of rotatable bonds is 9. The minimum absolute atomic E-state index is 0.0404. The van der Waals surface area contributed by atoms with Gasteiger partial charge in [-0.1, -0.05) is 6.07 Å². The second-order valence-electron chi connectivity index (χ2n) is 11.0. The Morgan fingerprint density at radius 3 is 2.45 bits per heavy atom. The van der Waals surface area contributed by atoms with Crippen molar-refractivity contribution in [1.82, 2.24) is 43.2 Å². The number of sulfonamides is 1. The molecule has 4 aromatic heterocycles. The van der Waals surface area contributed by atoms with Crippen LogP contribution in [0.4, 0.5) is 14.7 Å². The van der Waals surface area contributed by atoms with E-state index < -0.39 is 37.6 Å². The lowest BCUT2D eigenvalue weighted by Crippen LogP contribution is -2.42. The number of fused-ring (bicyclic) bond motifs is 1. The van der Waals surface area contributed by atoms with Crippen molar-refractivity contribution in [2.75, 3.05) is 24.7 Å². The number of pyridine rings is 1. The summed E-state index contributed by atoms with van der Waals surface area (Å²) in [5.41, 5.74) is 0.226. The zero-order chi connectivity index (χ0) is 33.5. The van der Waals surface area contributed by atoms with Gasteiger partial charge in [-0.15, -0.1) is 9.19 Å². The molecule has 1 saturated heterocycles. The Bertz CT molecular complexity index is 2220. The molecule has 1 aliphatic rings. The van der Waals surface area contributed by atoms with Crippen molar-refractivity contribution in [3.8, 4) is 11.3 Å². The molecule has 246 valence electrons. The Morgan fingerprint density at radius 1 is 1.04 bits per heavy atom. The molecule has 0 bridgehead atoms. The van der Waals surface area contributed by atoms with Crippen molar-refractivity contribution in [1.29, 1.82) is 0 Å². The normalized spacial score (nSPS) is 15.0. The van der Waals surface area contributed by atoms with E-state index in [2.05, 4.69) is 35.6 Å². The van der Waals surface area contributed by atoms with Gasteiger partial charge in [0.15, 0.2) is 0 Å². The standard InChI is InChI=1S/C28H28F2N10O5S2/c1-17-3-5-21(47(44,45)40-16-31-15-33-40)12-22(17)24-6-4-20(36-37-24)14-39-26-18(11-23(25(29)30)27(39)41)13-32-28(35-26)34-19-7-9-38(10-8-19)46(2,42)43/h3-6,11-13,15-16,19,25H,7-10,14H2,1-2H3,(H,32,34,35). The maximum Gasteiger partial charge on any atom is 0.284 e. The van der Waals surface area contributed by atoms with Gasteiger partial charge in [0.05, 0.1) is 34.6 Å². The third kappa shape index (κ3) is 6.58. The van der Waals surface area contributed by atoms with Gasteiger partial charge in [-0.2, -0.15) is 23.6 Å². The van der Waals surface area contributed by atoms with Crippen LogP contribution >= 0.6 is 0 Å². The summed E-state index contributed by atoms with van der Waals surface area (Å²) in [6.07, 6.45) is 2.64. The number of aryl methyl sites for hydroxylation is 1. The number of hydrogen-bond donors (Lipinski definition) is 1. The first-order chi connectivity index (χ1) is 22.3. The van der Waals surface area contributed by atoms with Gasteiger partial charge in [-0.3, -0.25) is 9.36 Å². The number of aromatic nitrogens is 8. The minimum atomic E-state index is -4.00. The van der Waals surface area contributed by atoms with E-state index in [0.717, 1.165) is 39.2 Å². The summed E-state index contributed by atoms with van der Waals surface area (Å²) in [7, 11) is -7.30. The topological polar surface area (TPSA) is 188 Å². The Morgan fingerprint density at radius 2 is 1.81 bits per heavy atom. The van der Waals surface area contributed by atoms with Crippen molar-refractivity contribution < 1.29 is 25.6 Å². The Hall–Kier alpha value is -4.75. The molecule has 1 aliphatic heterocycles. The number of piperidine rings is 1. The quantitative estimate of drug-likeness (QED) is 0.239. The van der Waals surface area contributed by atoms with Gasteiger partial charge >= 0.3 is 0 Å². The van der Waals surface area contributed by atoms with Gasteiger partial charge in [0.2, 0.25) is 16.0 Å². The molecule has 5 aromatic rings. The highest BCUT2D eigenvalue weighted by Gasteiger charge is 2.26. The fraction of sp³-hybridized carbons (Fsp3) is 0.321. The number of anilines is 1. The summed E-state index contributed by atoms with van der Waals surface area (Å²) in [6, 6.07) is 8.57. The predicted octanol–water partition coefficient (Wildman–Crippen LogP) is 2.21. The maximum absolute atomic E-state index is 13.9. The van der Waals surface area contributed by atoms with Crippen LogP contribution in [0, 0.1) is 6.92 Å². The molecule has 19 heteroatoms. The summed E-state index contributed by atoms with van der Waals surface area (Å²) < 4.78 is 80.5. The highest BCUT2D eigenvalue weighted by atomic mass is 32.2. The molecule has 0 amide bonds.